The molecule has 6 heteroatoms. The van der Waals surface area contributed by atoms with Crippen LogP contribution in [0.2, 0.25) is 0 Å². The van der Waals surface area contributed by atoms with Crippen molar-refractivity contribution < 1.29 is 19.4 Å². The number of halogens is 1. The fourth-order valence-corrected chi connectivity index (χ4v) is 2.08. The zero-order valence-corrected chi connectivity index (χ0v) is 12.2. The van der Waals surface area contributed by atoms with Crippen LogP contribution in [-0.4, -0.2) is 18.2 Å². The van der Waals surface area contributed by atoms with Crippen LogP contribution >= 0.6 is 15.9 Å². The number of nitrogen functional groups attached to an aromatic ring is 1. The summed E-state index contributed by atoms with van der Waals surface area (Å²) in [6.45, 7) is 0. The summed E-state index contributed by atoms with van der Waals surface area (Å²) < 4.78 is 11.3. The molecule has 0 aliphatic carbocycles. The van der Waals surface area contributed by atoms with Gasteiger partial charge in [-0.25, -0.2) is 4.79 Å². The molecule has 0 radical (unpaired) electrons. The number of rotatable bonds is 4. The van der Waals surface area contributed by atoms with Crippen LogP contribution in [0.5, 0.6) is 17.2 Å². The van der Waals surface area contributed by atoms with Crippen LogP contribution in [0.15, 0.2) is 40.9 Å². The maximum atomic E-state index is 11.2. The van der Waals surface area contributed by atoms with Crippen LogP contribution < -0.4 is 15.2 Å². The van der Waals surface area contributed by atoms with Crippen molar-refractivity contribution in [1.29, 1.82) is 0 Å². The lowest BCUT2D eigenvalue weighted by molar-refractivity contribution is 0.0694. The molecule has 0 atom stereocenters. The molecular formula is C14H12BrNO4. The van der Waals surface area contributed by atoms with E-state index in [1.165, 1.54) is 6.07 Å². The van der Waals surface area contributed by atoms with Gasteiger partial charge in [0.05, 0.1) is 17.3 Å². The van der Waals surface area contributed by atoms with E-state index in [-0.39, 0.29) is 17.0 Å². The van der Waals surface area contributed by atoms with Crippen LogP contribution in [-0.2, 0) is 0 Å². The summed E-state index contributed by atoms with van der Waals surface area (Å²) in [6.07, 6.45) is 0. The van der Waals surface area contributed by atoms with Gasteiger partial charge < -0.3 is 20.3 Å². The first-order chi connectivity index (χ1) is 9.52. The van der Waals surface area contributed by atoms with E-state index >= 15 is 0 Å². The van der Waals surface area contributed by atoms with Gasteiger partial charge in [-0.15, -0.1) is 0 Å². The Morgan fingerprint density at radius 1 is 1.30 bits per heavy atom. The molecule has 3 N–H and O–H groups in total. The molecule has 0 aliphatic rings. The highest BCUT2D eigenvalue weighted by Crippen LogP contribution is 2.36. The predicted molar refractivity (Wildman–Crippen MR) is 78.6 cm³/mol. The highest BCUT2D eigenvalue weighted by atomic mass is 79.9. The van der Waals surface area contributed by atoms with Gasteiger partial charge in [0.15, 0.2) is 5.75 Å². The smallest absolute Gasteiger partial charge is 0.339 e. The zero-order chi connectivity index (χ0) is 14.7. The van der Waals surface area contributed by atoms with Crippen LogP contribution in [0, 0.1) is 0 Å². The number of carboxylic acid groups (broad SMARTS) is 1. The average molecular weight is 338 g/mol. The molecule has 0 fully saturated rings. The second kappa shape index (κ2) is 5.83. The van der Waals surface area contributed by atoms with E-state index in [0.717, 1.165) is 0 Å². The third-order valence-electron chi connectivity index (χ3n) is 2.63. The summed E-state index contributed by atoms with van der Waals surface area (Å²) in [5.74, 6) is 0.123. The zero-order valence-electron chi connectivity index (χ0n) is 10.6. The van der Waals surface area contributed by atoms with Gasteiger partial charge in [-0.3, -0.25) is 0 Å². The number of benzene rings is 2. The molecule has 20 heavy (non-hydrogen) atoms. The third kappa shape index (κ3) is 2.85. The molecule has 2 aromatic rings. The van der Waals surface area contributed by atoms with Crippen molar-refractivity contribution in [3.63, 3.8) is 0 Å². The summed E-state index contributed by atoms with van der Waals surface area (Å²) in [4.78, 5) is 11.2. The second-order valence-electron chi connectivity index (χ2n) is 3.93. The van der Waals surface area contributed by atoms with E-state index in [9.17, 15) is 4.79 Å². The van der Waals surface area contributed by atoms with E-state index in [0.29, 0.717) is 16.0 Å². The summed E-state index contributed by atoms with van der Waals surface area (Å²) >= 11 is 3.34. The molecule has 2 aromatic carbocycles. The Bertz CT molecular complexity index is 658. The van der Waals surface area contributed by atoms with E-state index < -0.39 is 5.97 Å². The topological polar surface area (TPSA) is 81.8 Å². The quantitative estimate of drug-likeness (QED) is 0.834. The number of hydrogen-bond donors (Lipinski definition) is 2. The standard InChI is InChI=1S/C14H12BrNO4/c1-19-8-5-6-12(10(15)7-8)20-13-9(14(17)18)3-2-4-11(13)16/h2-7H,16H2,1H3,(H,17,18). The maximum absolute atomic E-state index is 11.2. The van der Waals surface area contributed by atoms with Crippen molar-refractivity contribution >= 4 is 27.6 Å². The van der Waals surface area contributed by atoms with Gasteiger partial charge in [-0.2, -0.15) is 0 Å². The predicted octanol–water partition coefficient (Wildman–Crippen LogP) is 3.53. The molecule has 0 saturated heterocycles. The Morgan fingerprint density at radius 2 is 2.05 bits per heavy atom. The summed E-state index contributed by atoms with van der Waals surface area (Å²) in [6, 6.07) is 9.68. The first kappa shape index (κ1) is 14.2. The first-order valence-electron chi connectivity index (χ1n) is 5.66. The fourth-order valence-electron chi connectivity index (χ4n) is 1.64. The molecule has 0 heterocycles. The van der Waals surface area contributed by atoms with Crippen molar-refractivity contribution in [2.75, 3.05) is 12.8 Å². The maximum Gasteiger partial charge on any atom is 0.339 e. The SMILES string of the molecule is COc1ccc(Oc2c(N)cccc2C(=O)O)c(Br)c1. The summed E-state index contributed by atoms with van der Waals surface area (Å²) in [7, 11) is 1.56. The largest absolute Gasteiger partial charge is 0.497 e. The van der Waals surface area contributed by atoms with Crippen molar-refractivity contribution in [2.45, 2.75) is 0 Å². The van der Waals surface area contributed by atoms with Crippen LogP contribution in [0.4, 0.5) is 5.69 Å². The minimum atomic E-state index is -1.10. The van der Waals surface area contributed by atoms with E-state index in [4.69, 9.17) is 20.3 Å². The van der Waals surface area contributed by atoms with Gasteiger partial charge >= 0.3 is 5.97 Å². The van der Waals surface area contributed by atoms with Crippen molar-refractivity contribution in [1.82, 2.24) is 0 Å². The van der Waals surface area contributed by atoms with Gasteiger partial charge in [-0.05, 0) is 46.3 Å². The number of nitrogens with two attached hydrogens (primary N) is 1. The van der Waals surface area contributed by atoms with Gasteiger partial charge in [0.1, 0.15) is 17.1 Å². The second-order valence-corrected chi connectivity index (χ2v) is 4.78. The van der Waals surface area contributed by atoms with E-state index in [1.54, 1.807) is 37.4 Å². The molecular weight excluding hydrogens is 326 g/mol. The lowest BCUT2D eigenvalue weighted by atomic mass is 10.1. The summed E-state index contributed by atoms with van der Waals surface area (Å²) in [5, 5.41) is 9.15. The van der Waals surface area contributed by atoms with Gasteiger partial charge in [-0.1, -0.05) is 6.07 Å². The fraction of sp³-hybridized carbons (Fsp3) is 0.0714. The Hall–Kier alpha value is -2.21. The number of carbonyl (C=O) groups is 1. The minimum Gasteiger partial charge on any atom is -0.497 e. The number of carboxylic acids is 1. The molecule has 0 aliphatic heterocycles. The molecule has 0 saturated carbocycles. The lowest BCUT2D eigenvalue weighted by Crippen LogP contribution is -2.03. The third-order valence-corrected chi connectivity index (χ3v) is 3.25. The van der Waals surface area contributed by atoms with Crippen molar-refractivity contribution in [3.8, 4) is 17.2 Å². The number of aromatic carboxylic acids is 1. The highest BCUT2D eigenvalue weighted by molar-refractivity contribution is 9.10. The number of para-hydroxylation sites is 1. The van der Waals surface area contributed by atoms with Crippen LogP contribution in [0.3, 0.4) is 0 Å². The van der Waals surface area contributed by atoms with E-state index in [1.807, 2.05) is 0 Å². The molecule has 2 rings (SSSR count). The molecule has 0 unspecified atom stereocenters. The Morgan fingerprint density at radius 3 is 2.65 bits per heavy atom. The number of anilines is 1. The van der Waals surface area contributed by atoms with Gasteiger partial charge in [0.2, 0.25) is 0 Å². The summed E-state index contributed by atoms with van der Waals surface area (Å²) in [5.41, 5.74) is 6.05. The highest BCUT2D eigenvalue weighted by Gasteiger charge is 2.16. The van der Waals surface area contributed by atoms with Gasteiger partial charge in [0, 0.05) is 0 Å². The number of methoxy groups -OCH3 is 1. The van der Waals surface area contributed by atoms with Crippen molar-refractivity contribution in [2.24, 2.45) is 0 Å². The number of hydrogen-bond acceptors (Lipinski definition) is 4. The average Bonchev–Trinajstić information content (AvgIpc) is 2.42. The Kier molecular flexibility index (Phi) is 4.14. The lowest BCUT2D eigenvalue weighted by Gasteiger charge is -2.13. The van der Waals surface area contributed by atoms with Crippen LogP contribution in [0.1, 0.15) is 10.4 Å². The Labute approximate surface area is 124 Å². The van der Waals surface area contributed by atoms with Crippen LogP contribution in [0.25, 0.3) is 0 Å². The van der Waals surface area contributed by atoms with E-state index in [2.05, 4.69) is 15.9 Å². The minimum absolute atomic E-state index is 0.00715. The molecule has 0 aromatic heterocycles. The monoisotopic (exact) mass is 337 g/mol. The number of ether oxygens (including phenoxy) is 2. The molecule has 104 valence electrons. The molecule has 0 amide bonds. The molecule has 5 nitrogen and oxygen atoms in total. The Balaban J connectivity index is 2.42. The molecule has 0 spiro atoms. The molecule has 0 bridgehead atoms. The normalized spacial score (nSPS) is 10.1. The van der Waals surface area contributed by atoms with Gasteiger partial charge in [0.25, 0.3) is 0 Å². The van der Waals surface area contributed by atoms with Crippen molar-refractivity contribution in [3.05, 3.63) is 46.4 Å². The first-order valence-corrected chi connectivity index (χ1v) is 6.45.